The van der Waals surface area contributed by atoms with Crippen molar-refractivity contribution in [3.05, 3.63) is 84.3 Å². The van der Waals surface area contributed by atoms with Gasteiger partial charge in [0, 0.05) is 58.0 Å². The van der Waals surface area contributed by atoms with Crippen LogP contribution in [0.2, 0.25) is 0 Å². The van der Waals surface area contributed by atoms with Gasteiger partial charge in [0.15, 0.2) is 0 Å². The Morgan fingerprint density at radius 2 is 1.56 bits per heavy atom. The molecular weight excluding hydrogens is 508 g/mol. The van der Waals surface area contributed by atoms with E-state index in [9.17, 15) is 4.79 Å². The highest BCUT2D eigenvalue weighted by Gasteiger charge is 2.19. The summed E-state index contributed by atoms with van der Waals surface area (Å²) in [5.74, 6) is 1.27. The number of hydrogen-bond acceptors (Lipinski definition) is 7. The van der Waals surface area contributed by atoms with E-state index in [1.165, 1.54) is 37.9 Å². The van der Waals surface area contributed by atoms with Crippen molar-refractivity contribution in [3.8, 4) is 11.1 Å². The van der Waals surface area contributed by atoms with E-state index in [1.54, 1.807) is 0 Å². The van der Waals surface area contributed by atoms with Gasteiger partial charge < -0.3 is 9.80 Å². The lowest BCUT2D eigenvalue weighted by Gasteiger charge is -2.35. The van der Waals surface area contributed by atoms with E-state index in [4.69, 9.17) is 9.97 Å². The Hall–Kier alpha value is -3.68. The number of fused-ring (bicyclic) bond motifs is 1. The first kappa shape index (κ1) is 27.5. The highest BCUT2D eigenvalue weighted by molar-refractivity contribution is 5.83. The number of carbonyl (C=O) groups excluding carboxylic acids is 1. The third-order valence-electron chi connectivity index (χ3n) is 8.42. The molecule has 7 nitrogen and oxygen atoms in total. The SMILES string of the molecule is O=C(CCCN1CCCCC1)Cc1ccc(-c2ccc3ncc(N4CCN(Cc5cccnc5)CC4)nc3c2)cc1. The van der Waals surface area contributed by atoms with Crippen LogP contribution in [-0.4, -0.2) is 76.3 Å². The smallest absolute Gasteiger partial charge is 0.147 e. The number of ketones is 1. The topological polar surface area (TPSA) is 65.5 Å². The summed E-state index contributed by atoms with van der Waals surface area (Å²) in [6, 6.07) is 18.8. The molecule has 0 amide bonds. The van der Waals surface area contributed by atoms with Gasteiger partial charge >= 0.3 is 0 Å². The van der Waals surface area contributed by atoms with Crippen LogP contribution >= 0.6 is 0 Å². The summed E-state index contributed by atoms with van der Waals surface area (Å²) in [5.41, 5.74) is 6.39. The minimum atomic E-state index is 0.334. The Balaban J connectivity index is 1.04. The quantitative estimate of drug-likeness (QED) is 0.263. The van der Waals surface area contributed by atoms with E-state index in [2.05, 4.69) is 62.1 Å². The number of piperidine rings is 1. The summed E-state index contributed by atoms with van der Waals surface area (Å²) in [5, 5.41) is 0. The predicted octanol–water partition coefficient (Wildman–Crippen LogP) is 5.39. The third-order valence-corrected chi connectivity index (χ3v) is 8.42. The maximum absolute atomic E-state index is 12.6. The second kappa shape index (κ2) is 13.3. The largest absolute Gasteiger partial charge is 0.353 e. The first-order valence-corrected chi connectivity index (χ1v) is 15.2. The van der Waals surface area contributed by atoms with Crippen molar-refractivity contribution in [1.29, 1.82) is 0 Å². The molecule has 6 rings (SSSR count). The number of likely N-dealkylation sites (tertiary alicyclic amines) is 1. The molecule has 0 aliphatic carbocycles. The fourth-order valence-corrected chi connectivity index (χ4v) is 6.03. The lowest BCUT2D eigenvalue weighted by Crippen LogP contribution is -2.46. The molecule has 212 valence electrons. The molecule has 7 heteroatoms. The summed E-state index contributed by atoms with van der Waals surface area (Å²) >= 11 is 0. The number of carbonyl (C=O) groups is 1. The van der Waals surface area contributed by atoms with E-state index in [0.29, 0.717) is 18.6 Å². The minimum absolute atomic E-state index is 0.334. The summed E-state index contributed by atoms with van der Waals surface area (Å²) in [6.45, 7) is 8.21. The Morgan fingerprint density at radius 1 is 0.756 bits per heavy atom. The molecule has 0 bridgehead atoms. The second-order valence-corrected chi connectivity index (χ2v) is 11.5. The van der Waals surface area contributed by atoms with Crippen LogP contribution in [0.3, 0.4) is 0 Å². The van der Waals surface area contributed by atoms with Gasteiger partial charge in [-0.25, -0.2) is 4.98 Å². The minimum Gasteiger partial charge on any atom is -0.353 e. The molecule has 0 unspecified atom stereocenters. The van der Waals surface area contributed by atoms with Crippen LogP contribution in [0.15, 0.2) is 73.2 Å². The van der Waals surface area contributed by atoms with Gasteiger partial charge in [0.05, 0.1) is 17.2 Å². The highest BCUT2D eigenvalue weighted by atomic mass is 16.1. The standard InChI is InChI=1S/C34H40N6O/c41-31(7-5-17-38-15-2-1-3-16-38)22-27-8-10-29(11-9-27)30-12-13-32-33(23-30)37-34(25-36-32)40-20-18-39(19-21-40)26-28-6-4-14-35-24-28/h4,6,8-14,23-25H,1-3,5,7,15-22,26H2. The number of Topliss-reactive ketones (excluding diaryl/α,β-unsaturated/α-hetero) is 1. The van der Waals surface area contributed by atoms with Crippen molar-refractivity contribution in [1.82, 2.24) is 24.8 Å². The molecule has 4 heterocycles. The van der Waals surface area contributed by atoms with E-state index >= 15 is 0 Å². The monoisotopic (exact) mass is 548 g/mol. The van der Waals surface area contributed by atoms with E-state index < -0.39 is 0 Å². The number of nitrogens with zero attached hydrogens (tertiary/aromatic N) is 6. The van der Waals surface area contributed by atoms with E-state index in [0.717, 1.165) is 79.2 Å². The Kier molecular flexibility index (Phi) is 8.93. The van der Waals surface area contributed by atoms with Crippen molar-refractivity contribution < 1.29 is 4.79 Å². The molecular formula is C34H40N6O. The molecule has 2 aromatic heterocycles. The van der Waals surface area contributed by atoms with Gasteiger partial charge in [-0.1, -0.05) is 42.8 Å². The van der Waals surface area contributed by atoms with Gasteiger partial charge in [0.25, 0.3) is 0 Å². The average molecular weight is 549 g/mol. The predicted molar refractivity (Wildman–Crippen MR) is 165 cm³/mol. The maximum atomic E-state index is 12.6. The summed E-state index contributed by atoms with van der Waals surface area (Å²) < 4.78 is 0. The number of anilines is 1. The molecule has 0 atom stereocenters. The Morgan fingerprint density at radius 3 is 2.34 bits per heavy atom. The van der Waals surface area contributed by atoms with Crippen LogP contribution in [0.4, 0.5) is 5.82 Å². The first-order valence-electron chi connectivity index (χ1n) is 15.2. The molecule has 0 radical (unpaired) electrons. The molecule has 2 aliphatic rings. The summed E-state index contributed by atoms with van der Waals surface area (Å²) in [6.07, 6.45) is 11.8. The van der Waals surface area contributed by atoms with Crippen LogP contribution in [0.25, 0.3) is 22.2 Å². The van der Waals surface area contributed by atoms with Crippen LogP contribution < -0.4 is 4.90 Å². The van der Waals surface area contributed by atoms with Gasteiger partial charge in [0.2, 0.25) is 0 Å². The lowest BCUT2D eigenvalue weighted by atomic mass is 10.00. The summed E-state index contributed by atoms with van der Waals surface area (Å²) in [4.78, 5) is 33.8. The molecule has 2 saturated heterocycles. The van der Waals surface area contributed by atoms with Gasteiger partial charge in [-0.15, -0.1) is 0 Å². The number of piperazine rings is 1. The molecule has 2 aromatic carbocycles. The number of rotatable bonds is 10. The first-order chi connectivity index (χ1) is 20.2. The fourth-order valence-electron chi connectivity index (χ4n) is 6.03. The average Bonchev–Trinajstić information content (AvgIpc) is 3.02. The zero-order valence-corrected chi connectivity index (χ0v) is 23.9. The van der Waals surface area contributed by atoms with Crippen molar-refractivity contribution in [3.63, 3.8) is 0 Å². The van der Waals surface area contributed by atoms with Crippen molar-refractivity contribution in [2.24, 2.45) is 0 Å². The van der Waals surface area contributed by atoms with Gasteiger partial charge in [-0.05, 0) is 79.3 Å². The van der Waals surface area contributed by atoms with Gasteiger partial charge in [-0.3, -0.25) is 19.7 Å². The van der Waals surface area contributed by atoms with Crippen molar-refractivity contribution in [2.75, 3.05) is 50.7 Å². The molecule has 4 aromatic rings. The zero-order valence-electron chi connectivity index (χ0n) is 23.9. The number of aromatic nitrogens is 3. The van der Waals surface area contributed by atoms with Crippen LogP contribution in [0.1, 0.15) is 43.2 Å². The number of benzene rings is 2. The lowest BCUT2D eigenvalue weighted by molar-refractivity contribution is -0.118. The van der Waals surface area contributed by atoms with Crippen LogP contribution in [-0.2, 0) is 17.8 Å². The Labute approximate surface area is 243 Å². The molecule has 0 spiro atoms. The molecule has 2 fully saturated rings. The number of hydrogen-bond donors (Lipinski definition) is 0. The van der Waals surface area contributed by atoms with E-state index in [-0.39, 0.29) is 0 Å². The molecule has 2 aliphatic heterocycles. The van der Waals surface area contributed by atoms with Crippen molar-refractivity contribution in [2.45, 2.75) is 45.1 Å². The van der Waals surface area contributed by atoms with Crippen LogP contribution in [0, 0.1) is 0 Å². The zero-order chi connectivity index (χ0) is 27.9. The molecule has 0 saturated carbocycles. The highest BCUT2D eigenvalue weighted by Crippen LogP contribution is 2.25. The normalized spacial score (nSPS) is 16.7. The Bertz CT molecular complexity index is 1430. The van der Waals surface area contributed by atoms with Crippen LogP contribution in [0.5, 0.6) is 0 Å². The maximum Gasteiger partial charge on any atom is 0.147 e. The summed E-state index contributed by atoms with van der Waals surface area (Å²) in [7, 11) is 0. The van der Waals surface area contributed by atoms with Crippen molar-refractivity contribution >= 4 is 22.6 Å². The second-order valence-electron chi connectivity index (χ2n) is 11.5. The third kappa shape index (κ3) is 7.34. The fraction of sp³-hybridized carbons (Fsp3) is 0.412. The molecule has 0 N–H and O–H groups in total. The van der Waals surface area contributed by atoms with Gasteiger partial charge in [-0.2, -0.15) is 0 Å². The molecule has 41 heavy (non-hydrogen) atoms. The van der Waals surface area contributed by atoms with E-state index in [1.807, 2.05) is 30.7 Å². The van der Waals surface area contributed by atoms with Gasteiger partial charge in [0.1, 0.15) is 11.6 Å². The number of pyridine rings is 1.